The van der Waals surface area contributed by atoms with Crippen LogP contribution >= 0.6 is 0 Å². The summed E-state index contributed by atoms with van der Waals surface area (Å²) in [6.45, 7) is 3.85. The topological polar surface area (TPSA) is 66.1 Å². The van der Waals surface area contributed by atoms with Crippen molar-refractivity contribution in [2.24, 2.45) is 0 Å². The van der Waals surface area contributed by atoms with Crippen LogP contribution in [0.25, 0.3) is 22.3 Å². The number of aromatic nitrogens is 3. The van der Waals surface area contributed by atoms with Crippen molar-refractivity contribution in [2.45, 2.75) is 38.5 Å². The Morgan fingerprint density at radius 1 is 1.14 bits per heavy atom. The van der Waals surface area contributed by atoms with Gasteiger partial charge >= 0.3 is 0 Å². The van der Waals surface area contributed by atoms with Crippen molar-refractivity contribution in [1.29, 1.82) is 0 Å². The van der Waals surface area contributed by atoms with Crippen molar-refractivity contribution >= 4 is 5.82 Å². The van der Waals surface area contributed by atoms with Crippen molar-refractivity contribution in [1.82, 2.24) is 20.5 Å². The van der Waals surface area contributed by atoms with Crippen LogP contribution in [0, 0.1) is 0 Å². The average Bonchev–Trinajstić information content (AvgIpc) is 3.27. The molecule has 2 unspecified atom stereocenters. The molecular formula is C22H25N5O. The van der Waals surface area contributed by atoms with Gasteiger partial charge in [0.05, 0.1) is 6.20 Å². The Bertz CT molecular complexity index is 985. The predicted molar refractivity (Wildman–Crippen MR) is 110 cm³/mol. The molecule has 2 aliphatic rings. The van der Waals surface area contributed by atoms with E-state index >= 15 is 0 Å². The molecule has 2 N–H and O–H groups in total. The van der Waals surface area contributed by atoms with E-state index < -0.39 is 0 Å². The second-order valence-corrected chi connectivity index (χ2v) is 7.81. The molecule has 144 valence electrons. The van der Waals surface area contributed by atoms with Crippen LogP contribution in [0.5, 0.6) is 5.88 Å². The molecule has 1 aromatic carbocycles. The monoisotopic (exact) mass is 375 g/mol. The number of fused-ring (bicyclic) bond motifs is 3. The molecule has 1 fully saturated rings. The molecule has 0 radical (unpaired) electrons. The van der Waals surface area contributed by atoms with Crippen LogP contribution in [0.3, 0.4) is 0 Å². The third-order valence-corrected chi connectivity index (χ3v) is 5.94. The zero-order valence-electron chi connectivity index (χ0n) is 16.3. The Kier molecular flexibility index (Phi) is 4.28. The van der Waals surface area contributed by atoms with Crippen molar-refractivity contribution in [2.75, 3.05) is 18.5 Å². The van der Waals surface area contributed by atoms with E-state index in [2.05, 4.69) is 64.7 Å². The first-order chi connectivity index (χ1) is 13.7. The van der Waals surface area contributed by atoms with E-state index in [9.17, 15) is 0 Å². The highest BCUT2D eigenvalue weighted by molar-refractivity contribution is 5.78. The lowest BCUT2D eigenvalue weighted by atomic mass is 9.95. The maximum Gasteiger partial charge on any atom is 0.223 e. The Morgan fingerprint density at radius 2 is 2.04 bits per heavy atom. The summed E-state index contributed by atoms with van der Waals surface area (Å²) >= 11 is 0. The second kappa shape index (κ2) is 6.95. The van der Waals surface area contributed by atoms with Crippen molar-refractivity contribution in [3.8, 4) is 28.1 Å². The van der Waals surface area contributed by atoms with Gasteiger partial charge in [-0.15, -0.1) is 0 Å². The van der Waals surface area contributed by atoms with Gasteiger partial charge in [0.15, 0.2) is 0 Å². The number of H-pyrrole nitrogens is 1. The molecule has 4 heterocycles. The Morgan fingerprint density at radius 3 is 2.86 bits per heavy atom. The first-order valence-corrected chi connectivity index (χ1v) is 9.91. The molecule has 0 aliphatic carbocycles. The van der Waals surface area contributed by atoms with Gasteiger partial charge in [-0.2, -0.15) is 10.1 Å². The number of rotatable bonds is 3. The van der Waals surface area contributed by atoms with Crippen LogP contribution < -0.4 is 15.0 Å². The largest absolute Gasteiger partial charge is 0.472 e. The Hall–Kier alpha value is -2.86. The van der Waals surface area contributed by atoms with Crippen LogP contribution in [0.1, 0.15) is 25.3 Å². The normalized spacial score (nSPS) is 20.8. The Labute approximate surface area is 164 Å². The van der Waals surface area contributed by atoms with Gasteiger partial charge in [-0.05, 0) is 61.2 Å². The molecule has 28 heavy (non-hydrogen) atoms. The van der Waals surface area contributed by atoms with Gasteiger partial charge in [-0.1, -0.05) is 12.1 Å². The summed E-state index contributed by atoms with van der Waals surface area (Å²) in [6.07, 6.45) is 6.02. The quantitative estimate of drug-likeness (QED) is 0.732. The van der Waals surface area contributed by atoms with Gasteiger partial charge in [-0.25, -0.2) is 0 Å². The number of aromatic amines is 1. The van der Waals surface area contributed by atoms with Crippen molar-refractivity contribution in [3.63, 3.8) is 0 Å². The van der Waals surface area contributed by atoms with Crippen molar-refractivity contribution < 1.29 is 4.74 Å². The number of piperidine rings is 1. The van der Waals surface area contributed by atoms with Crippen LogP contribution in [0.4, 0.5) is 5.82 Å². The lowest BCUT2D eigenvalue weighted by Crippen LogP contribution is -2.45. The van der Waals surface area contributed by atoms with E-state index in [-0.39, 0.29) is 0 Å². The van der Waals surface area contributed by atoms with Gasteiger partial charge in [-0.3, -0.25) is 5.10 Å². The number of nitrogens with zero attached hydrogens (tertiary/aromatic N) is 3. The van der Waals surface area contributed by atoms with Crippen LogP contribution in [-0.2, 0) is 6.61 Å². The third kappa shape index (κ3) is 3.03. The molecule has 0 saturated carbocycles. The minimum absolute atomic E-state index is 0.509. The van der Waals surface area contributed by atoms with E-state index in [1.807, 2.05) is 12.4 Å². The standard InChI is InChI=1S/C22H25N5O/c1-14-9-18(7-8-23-14)27(2)21-6-5-20-19-4-3-15(17-11-24-25-12-17)10-16(19)13-28-22(20)26-21/h3-6,10-12,14,18,23H,7-9,13H2,1-2H3,(H,24,25). The molecule has 6 nitrogen and oxygen atoms in total. The molecule has 0 amide bonds. The summed E-state index contributed by atoms with van der Waals surface area (Å²) in [6, 6.07) is 11.8. The smallest absolute Gasteiger partial charge is 0.223 e. The van der Waals surface area contributed by atoms with Gasteiger partial charge < -0.3 is 15.0 Å². The minimum atomic E-state index is 0.509. The van der Waals surface area contributed by atoms with E-state index in [4.69, 9.17) is 9.72 Å². The fourth-order valence-corrected chi connectivity index (χ4v) is 4.30. The Balaban J connectivity index is 1.44. The molecule has 6 heteroatoms. The molecule has 1 saturated heterocycles. The van der Waals surface area contributed by atoms with Gasteiger partial charge in [0.25, 0.3) is 0 Å². The second-order valence-electron chi connectivity index (χ2n) is 7.81. The first kappa shape index (κ1) is 17.3. The summed E-state index contributed by atoms with van der Waals surface area (Å²) in [5.74, 6) is 1.71. The number of hydrogen-bond acceptors (Lipinski definition) is 5. The van der Waals surface area contributed by atoms with E-state index in [0.29, 0.717) is 18.7 Å². The molecule has 2 aromatic heterocycles. The summed E-state index contributed by atoms with van der Waals surface area (Å²) in [4.78, 5) is 7.16. The number of hydrogen-bond donors (Lipinski definition) is 2. The van der Waals surface area contributed by atoms with Gasteiger partial charge in [0.2, 0.25) is 5.88 Å². The molecule has 3 aromatic rings. The minimum Gasteiger partial charge on any atom is -0.472 e. The van der Waals surface area contributed by atoms with E-state index in [0.717, 1.165) is 47.8 Å². The lowest BCUT2D eigenvalue weighted by Gasteiger charge is -2.35. The summed E-state index contributed by atoms with van der Waals surface area (Å²) in [5.41, 5.74) is 5.67. The number of pyridine rings is 1. The maximum absolute atomic E-state index is 6.05. The van der Waals surface area contributed by atoms with Crippen LogP contribution in [0.2, 0.25) is 0 Å². The van der Waals surface area contributed by atoms with Crippen molar-refractivity contribution in [3.05, 3.63) is 48.3 Å². The fourth-order valence-electron chi connectivity index (χ4n) is 4.30. The zero-order chi connectivity index (χ0) is 19.1. The highest BCUT2D eigenvalue weighted by Crippen LogP contribution is 2.39. The molecule has 0 spiro atoms. The summed E-state index contributed by atoms with van der Waals surface area (Å²) in [7, 11) is 2.14. The van der Waals surface area contributed by atoms with Gasteiger partial charge in [0.1, 0.15) is 12.4 Å². The van der Waals surface area contributed by atoms with Crippen LogP contribution in [-0.4, -0.2) is 40.9 Å². The summed E-state index contributed by atoms with van der Waals surface area (Å²) < 4.78 is 6.05. The number of nitrogens with one attached hydrogen (secondary N) is 2. The third-order valence-electron chi connectivity index (χ3n) is 5.94. The maximum atomic E-state index is 6.05. The highest BCUT2D eigenvalue weighted by atomic mass is 16.5. The zero-order valence-corrected chi connectivity index (χ0v) is 16.3. The molecule has 5 rings (SSSR count). The molecule has 2 atom stereocenters. The molecular weight excluding hydrogens is 350 g/mol. The van der Waals surface area contributed by atoms with E-state index in [1.165, 1.54) is 11.1 Å². The highest BCUT2D eigenvalue weighted by Gasteiger charge is 2.25. The number of anilines is 1. The summed E-state index contributed by atoms with van der Waals surface area (Å²) in [5, 5.41) is 10.4. The lowest BCUT2D eigenvalue weighted by molar-refractivity contribution is 0.289. The predicted octanol–water partition coefficient (Wildman–Crippen LogP) is 3.61. The van der Waals surface area contributed by atoms with Gasteiger partial charge in [0, 0.05) is 36.5 Å². The van der Waals surface area contributed by atoms with Crippen LogP contribution in [0.15, 0.2) is 42.7 Å². The average molecular weight is 375 g/mol. The number of ether oxygens (including phenoxy) is 1. The van der Waals surface area contributed by atoms with E-state index in [1.54, 1.807) is 0 Å². The first-order valence-electron chi connectivity index (χ1n) is 9.91. The molecule has 2 aliphatic heterocycles. The number of benzene rings is 1. The SMILES string of the molecule is CC1CC(N(C)c2ccc3c(n2)OCc2cc(-c4cn[nH]c4)ccc2-3)CCN1. The molecule has 0 bridgehead atoms. The fraction of sp³-hybridized carbons (Fsp3) is 0.364.